The molecule has 0 saturated carbocycles. The maximum Gasteiger partial charge on any atom is 0.308 e. The minimum absolute atomic E-state index is 0.0654. The highest BCUT2D eigenvalue weighted by Crippen LogP contribution is 2.39. The van der Waals surface area contributed by atoms with Crippen molar-refractivity contribution in [1.82, 2.24) is 14.8 Å². The zero-order valence-corrected chi connectivity index (χ0v) is 20.7. The number of benzene rings is 2. The molecular weight excluding hydrogens is 460 g/mol. The van der Waals surface area contributed by atoms with Gasteiger partial charge in [0.15, 0.2) is 12.1 Å². The zero-order valence-electron chi connectivity index (χ0n) is 19.9. The number of nitrogens with zero attached hydrogens (tertiary/aromatic N) is 4. The third kappa shape index (κ3) is 3.89. The van der Waals surface area contributed by atoms with E-state index in [-0.39, 0.29) is 12.4 Å². The average Bonchev–Trinajstić information content (AvgIpc) is 3.36. The van der Waals surface area contributed by atoms with Gasteiger partial charge in [-0.05, 0) is 37.5 Å². The fraction of sp³-hybridized carbons (Fsp3) is 0.222. The van der Waals surface area contributed by atoms with E-state index in [0.717, 1.165) is 50.6 Å². The number of hydrogen-bond donors (Lipinski definition) is 0. The molecule has 5 rings (SSSR count). The van der Waals surface area contributed by atoms with Gasteiger partial charge in [-0.2, -0.15) is 0 Å². The quantitative estimate of drug-likeness (QED) is 0.287. The van der Waals surface area contributed by atoms with Crippen molar-refractivity contribution in [2.45, 2.75) is 33.2 Å². The topological polar surface area (TPSA) is 86.4 Å². The summed E-state index contributed by atoms with van der Waals surface area (Å²) in [7, 11) is 1.37. The number of aliphatic imine (C=N–C) groups is 1. The molecule has 0 spiro atoms. The molecule has 2 aromatic heterocycles. The molecule has 0 amide bonds. The first kappa shape index (κ1) is 22.9. The van der Waals surface area contributed by atoms with Gasteiger partial charge in [-0.1, -0.05) is 48.5 Å². The van der Waals surface area contributed by atoms with E-state index in [1.54, 1.807) is 11.3 Å². The van der Waals surface area contributed by atoms with Crippen molar-refractivity contribution in [3.05, 3.63) is 87.3 Å². The van der Waals surface area contributed by atoms with Gasteiger partial charge < -0.3 is 4.74 Å². The SMILES string of the molecule is COC(=O)C[C@@H]1N=C(c2ccc(-c3ccccc3C=O)cc2)c2c(sc(C)c2C)-n2c(C)nnc21. The summed E-state index contributed by atoms with van der Waals surface area (Å²) in [4.78, 5) is 30.1. The van der Waals surface area contributed by atoms with Crippen molar-refractivity contribution in [3.8, 4) is 16.1 Å². The van der Waals surface area contributed by atoms with Crippen LogP contribution in [-0.2, 0) is 9.53 Å². The van der Waals surface area contributed by atoms with Crippen LogP contribution in [0.3, 0.4) is 0 Å². The Morgan fingerprint density at radius 3 is 2.49 bits per heavy atom. The maximum atomic E-state index is 12.3. The molecule has 0 radical (unpaired) electrons. The smallest absolute Gasteiger partial charge is 0.308 e. The van der Waals surface area contributed by atoms with Crippen LogP contribution >= 0.6 is 11.3 Å². The second-order valence-corrected chi connectivity index (χ2v) is 9.66. The zero-order chi connectivity index (χ0) is 24.7. The number of ether oxygens (including phenoxy) is 1. The number of thiophene rings is 1. The summed E-state index contributed by atoms with van der Waals surface area (Å²) in [5.74, 6) is 1.01. The van der Waals surface area contributed by atoms with Gasteiger partial charge in [0.2, 0.25) is 0 Å². The molecule has 2 aromatic carbocycles. The number of aryl methyl sites for hydroxylation is 2. The normalized spacial score (nSPS) is 14.5. The Kier molecular flexibility index (Phi) is 5.90. The Labute approximate surface area is 207 Å². The summed E-state index contributed by atoms with van der Waals surface area (Å²) in [5.41, 5.74) is 6.35. The third-order valence-electron chi connectivity index (χ3n) is 6.38. The van der Waals surface area contributed by atoms with E-state index in [2.05, 4.69) is 24.0 Å². The molecule has 3 heterocycles. The molecule has 35 heavy (non-hydrogen) atoms. The van der Waals surface area contributed by atoms with Crippen LogP contribution in [0.25, 0.3) is 16.1 Å². The summed E-state index contributed by atoms with van der Waals surface area (Å²) < 4.78 is 6.97. The Bertz CT molecular complexity index is 1480. The molecule has 1 aliphatic rings. The molecule has 0 aliphatic carbocycles. The van der Waals surface area contributed by atoms with Crippen molar-refractivity contribution < 1.29 is 14.3 Å². The summed E-state index contributed by atoms with van der Waals surface area (Å²) in [6, 6.07) is 15.0. The van der Waals surface area contributed by atoms with Crippen LogP contribution in [-0.4, -0.2) is 39.8 Å². The predicted octanol–water partition coefficient (Wildman–Crippen LogP) is 5.19. The number of aromatic nitrogens is 3. The molecule has 4 aromatic rings. The lowest BCUT2D eigenvalue weighted by molar-refractivity contribution is -0.141. The predicted molar refractivity (Wildman–Crippen MR) is 136 cm³/mol. The van der Waals surface area contributed by atoms with Gasteiger partial charge in [0.1, 0.15) is 16.9 Å². The molecule has 0 N–H and O–H groups in total. The molecule has 8 heteroatoms. The largest absolute Gasteiger partial charge is 0.469 e. The monoisotopic (exact) mass is 484 g/mol. The van der Waals surface area contributed by atoms with E-state index < -0.39 is 6.04 Å². The van der Waals surface area contributed by atoms with Crippen molar-refractivity contribution in [2.24, 2.45) is 4.99 Å². The standard InChI is InChI=1S/C27H24N4O3S/c1-15-16(2)35-27-24(15)25(28-22(13-23(33)34-4)26-30-29-17(3)31(26)27)19-11-9-18(10-12-19)21-8-6-5-7-20(21)14-32/h5-12,14,22H,13H2,1-4H3/t22-/m0/s1. The van der Waals surface area contributed by atoms with Crippen LogP contribution in [0.2, 0.25) is 0 Å². The van der Waals surface area contributed by atoms with Crippen LogP contribution in [0, 0.1) is 20.8 Å². The molecule has 1 atom stereocenters. The van der Waals surface area contributed by atoms with Crippen LogP contribution in [0.15, 0.2) is 53.5 Å². The minimum Gasteiger partial charge on any atom is -0.469 e. The molecule has 0 fully saturated rings. The summed E-state index contributed by atoms with van der Waals surface area (Å²) in [5, 5.41) is 9.68. The lowest BCUT2D eigenvalue weighted by Crippen LogP contribution is -2.12. The van der Waals surface area contributed by atoms with Crippen LogP contribution < -0.4 is 0 Å². The van der Waals surface area contributed by atoms with E-state index in [9.17, 15) is 9.59 Å². The minimum atomic E-state index is -0.534. The van der Waals surface area contributed by atoms with Gasteiger partial charge in [0.25, 0.3) is 0 Å². The molecule has 1 aliphatic heterocycles. The fourth-order valence-electron chi connectivity index (χ4n) is 4.44. The second-order valence-electron chi connectivity index (χ2n) is 8.46. The van der Waals surface area contributed by atoms with E-state index in [1.165, 1.54) is 12.0 Å². The number of aldehydes is 1. The van der Waals surface area contributed by atoms with Crippen LogP contribution in [0.1, 0.15) is 56.0 Å². The first-order valence-electron chi connectivity index (χ1n) is 11.2. The Hall–Kier alpha value is -3.91. The van der Waals surface area contributed by atoms with Crippen molar-refractivity contribution in [2.75, 3.05) is 7.11 Å². The second kappa shape index (κ2) is 9.03. The van der Waals surface area contributed by atoms with Gasteiger partial charge in [0, 0.05) is 21.6 Å². The number of carbonyl (C=O) groups excluding carboxylic acids is 2. The average molecular weight is 485 g/mol. The fourth-order valence-corrected chi connectivity index (χ4v) is 5.65. The lowest BCUT2D eigenvalue weighted by atomic mass is 9.95. The van der Waals surface area contributed by atoms with E-state index in [1.807, 2.05) is 60.0 Å². The number of esters is 1. The highest BCUT2D eigenvalue weighted by Gasteiger charge is 2.32. The number of methoxy groups -OCH3 is 1. The summed E-state index contributed by atoms with van der Waals surface area (Å²) >= 11 is 1.67. The van der Waals surface area contributed by atoms with Crippen molar-refractivity contribution >= 4 is 29.3 Å². The third-order valence-corrected chi connectivity index (χ3v) is 7.58. The molecule has 0 saturated heterocycles. The molecule has 0 unspecified atom stereocenters. The Morgan fingerprint density at radius 1 is 1.06 bits per heavy atom. The first-order chi connectivity index (χ1) is 16.9. The first-order valence-corrected chi connectivity index (χ1v) is 12.1. The number of hydrogen-bond acceptors (Lipinski definition) is 7. The molecular formula is C27H24N4O3S. The number of rotatable bonds is 5. The van der Waals surface area contributed by atoms with Gasteiger partial charge in [-0.15, -0.1) is 21.5 Å². The van der Waals surface area contributed by atoms with E-state index >= 15 is 0 Å². The Balaban J connectivity index is 1.68. The maximum absolute atomic E-state index is 12.3. The van der Waals surface area contributed by atoms with Gasteiger partial charge in [-0.3, -0.25) is 19.1 Å². The van der Waals surface area contributed by atoms with E-state index in [0.29, 0.717) is 11.4 Å². The molecule has 0 bridgehead atoms. The summed E-state index contributed by atoms with van der Waals surface area (Å²) in [6.45, 7) is 6.09. The number of fused-ring (bicyclic) bond motifs is 3. The van der Waals surface area contributed by atoms with Gasteiger partial charge >= 0.3 is 5.97 Å². The highest BCUT2D eigenvalue weighted by molar-refractivity contribution is 7.15. The van der Waals surface area contributed by atoms with E-state index in [4.69, 9.17) is 9.73 Å². The van der Waals surface area contributed by atoms with Crippen molar-refractivity contribution in [1.29, 1.82) is 0 Å². The molecule has 176 valence electrons. The number of carbonyl (C=O) groups is 2. The lowest BCUT2D eigenvalue weighted by Gasteiger charge is -2.12. The van der Waals surface area contributed by atoms with Gasteiger partial charge in [-0.25, -0.2) is 0 Å². The highest BCUT2D eigenvalue weighted by atomic mass is 32.1. The van der Waals surface area contributed by atoms with Crippen LogP contribution in [0.4, 0.5) is 0 Å². The van der Waals surface area contributed by atoms with Crippen molar-refractivity contribution in [3.63, 3.8) is 0 Å². The Morgan fingerprint density at radius 2 is 1.77 bits per heavy atom. The summed E-state index contributed by atoms with van der Waals surface area (Å²) in [6.07, 6.45) is 0.938. The van der Waals surface area contributed by atoms with Crippen LogP contribution in [0.5, 0.6) is 0 Å². The van der Waals surface area contributed by atoms with Gasteiger partial charge in [0.05, 0.1) is 19.2 Å². The molecule has 7 nitrogen and oxygen atoms in total.